The molecule has 4 rings (SSSR count). The van der Waals surface area contributed by atoms with Crippen LogP contribution in [0.15, 0.2) is 42.5 Å². The van der Waals surface area contributed by atoms with Gasteiger partial charge in [0.25, 0.3) is 0 Å². The smallest absolute Gasteiger partial charge is 0.304 e. The van der Waals surface area contributed by atoms with Crippen LogP contribution in [0.1, 0.15) is 45.8 Å². The summed E-state index contributed by atoms with van der Waals surface area (Å²) in [7, 11) is 1.72. The SMILES string of the molecule is Cc1ccc(C(CC(=O)O)c2ccc(N(C)N)c(N)c2C)cc1CN1CCOc2ccc(O)nc2C1. The molecule has 3 aromatic rings. The minimum atomic E-state index is -0.882. The molecule has 0 spiro atoms. The molecule has 1 aromatic heterocycles. The molecule has 190 valence electrons. The summed E-state index contributed by atoms with van der Waals surface area (Å²) in [4.78, 5) is 18.3. The Morgan fingerprint density at radius 3 is 2.72 bits per heavy atom. The van der Waals surface area contributed by atoms with Crippen LogP contribution >= 0.6 is 0 Å². The van der Waals surface area contributed by atoms with E-state index in [9.17, 15) is 15.0 Å². The fraction of sp³-hybridized carbons (Fsp3) is 0.333. The number of aliphatic carboxylic acids is 1. The van der Waals surface area contributed by atoms with E-state index in [0.717, 1.165) is 27.8 Å². The highest BCUT2D eigenvalue weighted by Gasteiger charge is 2.24. The first-order chi connectivity index (χ1) is 17.1. The lowest BCUT2D eigenvalue weighted by molar-refractivity contribution is -0.137. The summed E-state index contributed by atoms with van der Waals surface area (Å²) in [5.74, 6) is 5.30. The number of nitrogen functional groups attached to an aromatic ring is 1. The van der Waals surface area contributed by atoms with E-state index >= 15 is 0 Å². The molecule has 1 aliphatic heterocycles. The van der Waals surface area contributed by atoms with E-state index < -0.39 is 5.97 Å². The van der Waals surface area contributed by atoms with E-state index in [1.807, 2.05) is 38.1 Å². The van der Waals surface area contributed by atoms with Crippen molar-refractivity contribution in [2.75, 3.05) is 30.9 Å². The number of nitrogens with zero attached hydrogens (tertiary/aromatic N) is 3. The number of carboxylic acids is 1. The first-order valence-electron chi connectivity index (χ1n) is 11.9. The van der Waals surface area contributed by atoms with Crippen molar-refractivity contribution in [3.05, 3.63) is 76.0 Å². The second kappa shape index (κ2) is 10.4. The minimum Gasteiger partial charge on any atom is -0.493 e. The number of fused-ring (bicyclic) bond motifs is 1. The molecule has 0 aliphatic carbocycles. The Kier molecular flexibility index (Phi) is 7.32. The molecule has 0 bridgehead atoms. The van der Waals surface area contributed by atoms with Crippen molar-refractivity contribution in [3.63, 3.8) is 0 Å². The molecule has 0 saturated carbocycles. The Hall–Kier alpha value is -3.82. The second-order valence-corrected chi connectivity index (χ2v) is 9.33. The number of aryl methyl sites for hydroxylation is 1. The predicted octanol–water partition coefficient (Wildman–Crippen LogP) is 3.30. The lowest BCUT2D eigenvalue weighted by Crippen LogP contribution is -2.26. The summed E-state index contributed by atoms with van der Waals surface area (Å²) < 4.78 is 5.81. The van der Waals surface area contributed by atoms with Crippen LogP contribution < -0.4 is 21.3 Å². The minimum absolute atomic E-state index is 0.0321. The van der Waals surface area contributed by atoms with E-state index in [-0.39, 0.29) is 18.2 Å². The van der Waals surface area contributed by atoms with Gasteiger partial charge in [0.15, 0.2) is 0 Å². The monoisotopic (exact) mass is 491 g/mol. The normalized spacial score (nSPS) is 14.4. The molecular formula is C27H33N5O4. The topological polar surface area (TPSA) is 138 Å². The number of ether oxygens (including phenoxy) is 1. The number of pyridine rings is 1. The molecule has 1 aliphatic rings. The zero-order chi connectivity index (χ0) is 26.0. The molecule has 9 nitrogen and oxygen atoms in total. The maximum Gasteiger partial charge on any atom is 0.304 e. The largest absolute Gasteiger partial charge is 0.493 e. The summed E-state index contributed by atoms with van der Waals surface area (Å²) in [5.41, 5.74) is 13.1. The fourth-order valence-electron chi connectivity index (χ4n) is 4.75. The zero-order valence-electron chi connectivity index (χ0n) is 20.9. The zero-order valence-corrected chi connectivity index (χ0v) is 20.9. The predicted molar refractivity (Wildman–Crippen MR) is 139 cm³/mol. The van der Waals surface area contributed by atoms with Crippen molar-refractivity contribution in [2.45, 2.75) is 39.3 Å². The van der Waals surface area contributed by atoms with Crippen molar-refractivity contribution in [3.8, 4) is 11.6 Å². The highest BCUT2D eigenvalue weighted by molar-refractivity contribution is 5.74. The summed E-state index contributed by atoms with van der Waals surface area (Å²) in [6.07, 6.45) is -0.0608. The van der Waals surface area contributed by atoms with Crippen molar-refractivity contribution in [1.82, 2.24) is 9.88 Å². The summed E-state index contributed by atoms with van der Waals surface area (Å²) in [6.45, 7) is 6.34. The number of hydrogen-bond acceptors (Lipinski definition) is 8. The highest BCUT2D eigenvalue weighted by atomic mass is 16.5. The number of carboxylic acid groups (broad SMARTS) is 1. The van der Waals surface area contributed by atoms with Gasteiger partial charge in [-0.25, -0.2) is 10.8 Å². The van der Waals surface area contributed by atoms with E-state index in [1.54, 1.807) is 13.1 Å². The quantitative estimate of drug-likeness (QED) is 0.223. The number of aromatic nitrogens is 1. The van der Waals surface area contributed by atoms with Crippen LogP contribution in [0, 0.1) is 13.8 Å². The summed E-state index contributed by atoms with van der Waals surface area (Å²) in [6, 6.07) is 13.1. The van der Waals surface area contributed by atoms with E-state index in [2.05, 4.69) is 16.0 Å². The van der Waals surface area contributed by atoms with E-state index in [4.69, 9.17) is 16.3 Å². The number of hydrogen-bond donors (Lipinski definition) is 4. The Labute approximate surface area is 210 Å². The van der Waals surface area contributed by atoms with Gasteiger partial charge in [-0.2, -0.15) is 0 Å². The fourth-order valence-corrected chi connectivity index (χ4v) is 4.75. The van der Waals surface area contributed by atoms with Crippen LogP contribution in [0.4, 0.5) is 11.4 Å². The van der Waals surface area contributed by atoms with Crippen molar-refractivity contribution >= 4 is 17.3 Å². The number of hydrazine groups is 1. The average Bonchev–Trinajstić information content (AvgIpc) is 3.01. The lowest BCUT2D eigenvalue weighted by atomic mass is 9.84. The molecule has 0 radical (unpaired) electrons. The maximum atomic E-state index is 11.9. The number of carbonyl (C=O) groups is 1. The van der Waals surface area contributed by atoms with Crippen LogP contribution in [0.3, 0.4) is 0 Å². The summed E-state index contributed by atoms with van der Waals surface area (Å²) in [5, 5.41) is 21.0. The number of aromatic hydroxyl groups is 1. The number of nitrogens with two attached hydrogens (primary N) is 2. The molecule has 9 heteroatoms. The van der Waals surface area contributed by atoms with Gasteiger partial charge in [0, 0.05) is 38.7 Å². The third kappa shape index (κ3) is 5.37. The molecule has 1 atom stereocenters. The Bertz CT molecular complexity index is 1280. The standard InChI is InChI=1S/C27H33N5O4/c1-16-4-5-18(21(13-26(34)35)20-6-7-23(31(3)29)27(28)17(20)2)12-19(16)14-32-10-11-36-24-8-9-25(33)30-22(24)15-32/h4-9,12,21H,10-11,13-15,28-29H2,1-3H3,(H,30,33)(H,34,35). The van der Waals surface area contributed by atoms with Crippen LogP contribution in [0.2, 0.25) is 0 Å². The first-order valence-corrected chi connectivity index (χ1v) is 11.9. The first kappa shape index (κ1) is 25.3. The highest BCUT2D eigenvalue weighted by Crippen LogP contribution is 2.37. The third-order valence-electron chi connectivity index (χ3n) is 6.79. The lowest BCUT2D eigenvalue weighted by Gasteiger charge is -2.25. The maximum absolute atomic E-state index is 11.9. The van der Waals surface area contributed by atoms with Gasteiger partial charge in [0.1, 0.15) is 18.1 Å². The average molecular weight is 492 g/mol. The Balaban J connectivity index is 1.67. The molecule has 2 aromatic carbocycles. The van der Waals surface area contributed by atoms with Crippen LogP contribution in [0.25, 0.3) is 0 Å². The number of rotatable bonds is 7. The number of benzene rings is 2. The number of anilines is 2. The van der Waals surface area contributed by atoms with Gasteiger partial charge in [-0.3, -0.25) is 9.69 Å². The van der Waals surface area contributed by atoms with Gasteiger partial charge >= 0.3 is 5.97 Å². The van der Waals surface area contributed by atoms with Crippen molar-refractivity contribution in [2.24, 2.45) is 5.84 Å². The van der Waals surface area contributed by atoms with Gasteiger partial charge in [0.05, 0.1) is 17.8 Å². The van der Waals surface area contributed by atoms with Gasteiger partial charge < -0.3 is 25.7 Å². The molecule has 0 fully saturated rings. The molecule has 36 heavy (non-hydrogen) atoms. The van der Waals surface area contributed by atoms with Crippen LogP contribution in [-0.2, 0) is 17.9 Å². The van der Waals surface area contributed by atoms with Crippen molar-refractivity contribution < 1.29 is 19.7 Å². The van der Waals surface area contributed by atoms with E-state index in [0.29, 0.717) is 49.1 Å². The summed E-state index contributed by atoms with van der Waals surface area (Å²) >= 11 is 0. The molecule has 0 amide bonds. The van der Waals surface area contributed by atoms with E-state index in [1.165, 1.54) is 11.1 Å². The Morgan fingerprint density at radius 1 is 1.22 bits per heavy atom. The van der Waals surface area contributed by atoms with Crippen molar-refractivity contribution in [1.29, 1.82) is 0 Å². The molecule has 0 saturated heterocycles. The molecule has 1 unspecified atom stereocenters. The van der Waals surface area contributed by atoms with Gasteiger partial charge in [-0.05, 0) is 53.8 Å². The second-order valence-electron chi connectivity index (χ2n) is 9.33. The molecule has 6 N–H and O–H groups in total. The van der Waals surface area contributed by atoms with Gasteiger partial charge in [-0.15, -0.1) is 0 Å². The van der Waals surface area contributed by atoms with Gasteiger partial charge in [0.2, 0.25) is 5.88 Å². The third-order valence-corrected chi connectivity index (χ3v) is 6.79. The van der Waals surface area contributed by atoms with Crippen LogP contribution in [0.5, 0.6) is 11.6 Å². The Morgan fingerprint density at radius 2 is 2.00 bits per heavy atom. The van der Waals surface area contributed by atoms with Crippen LogP contribution in [-0.4, -0.2) is 46.3 Å². The molecular weight excluding hydrogens is 458 g/mol. The van der Waals surface area contributed by atoms with Gasteiger partial charge in [-0.1, -0.05) is 24.3 Å². The molecule has 2 heterocycles.